The average molecular weight is 963 g/mol. The first-order valence-electron chi connectivity index (χ1n) is 23.2. The molecule has 0 unspecified atom stereocenters. The third-order valence-corrected chi connectivity index (χ3v) is 13.0. The average Bonchev–Trinajstić information content (AvgIpc) is 3.34. The summed E-state index contributed by atoms with van der Waals surface area (Å²) in [5.41, 5.74) is 1.66. The van der Waals surface area contributed by atoms with Gasteiger partial charge in [0.1, 0.15) is 17.5 Å². The van der Waals surface area contributed by atoms with Gasteiger partial charge in [0.15, 0.2) is 0 Å². The lowest BCUT2D eigenvalue weighted by molar-refractivity contribution is -0.138. The highest BCUT2D eigenvalue weighted by Crippen LogP contribution is 2.40. The molecule has 2 fully saturated rings. The number of halogens is 9. The van der Waals surface area contributed by atoms with Crippen molar-refractivity contribution in [3.05, 3.63) is 190 Å². The quantitative estimate of drug-likeness (QED) is 0.114. The number of hydrogen-bond acceptors (Lipinski definition) is 4. The molecule has 0 aliphatic carbocycles. The second-order valence-corrected chi connectivity index (χ2v) is 17.9. The van der Waals surface area contributed by atoms with Gasteiger partial charge >= 0.3 is 12.4 Å². The molecule has 0 spiro atoms. The van der Waals surface area contributed by atoms with Gasteiger partial charge in [-0.05, 0) is 166 Å². The van der Waals surface area contributed by atoms with Gasteiger partial charge in [-0.15, -0.1) is 0 Å². The molecule has 2 saturated heterocycles. The van der Waals surface area contributed by atoms with Crippen molar-refractivity contribution in [3.63, 3.8) is 0 Å². The van der Waals surface area contributed by atoms with Gasteiger partial charge in [0.25, 0.3) is 0 Å². The number of benzene rings is 6. The van der Waals surface area contributed by atoms with Gasteiger partial charge in [0.05, 0.1) is 37.6 Å². The first-order chi connectivity index (χ1) is 32.9. The molecule has 0 amide bonds. The van der Waals surface area contributed by atoms with Gasteiger partial charge in [-0.25, -0.2) is 13.2 Å². The molecule has 8 rings (SSSR count). The summed E-state index contributed by atoms with van der Waals surface area (Å²) in [5, 5.41) is 0. The number of likely N-dealkylation sites (tertiary alicyclic amines) is 2. The van der Waals surface area contributed by atoms with Crippen molar-refractivity contribution in [1.82, 2.24) is 9.80 Å². The van der Waals surface area contributed by atoms with Crippen LogP contribution in [-0.4, -0.2) is 63.3 Å². The highest BCUT2D eigenvalue weighted by atomic mass is 19.4. The number of rotatable bonds is 12. The Morgan fingerprint density at radius 2 is 0.899 bits per heavy atom. The molecule has 0 radical (unpaired) electrons. The highest BCUT2D eigenvalue weighted by molar-refractivity contribution is 5.67. The van der Waals surface area contributed by atoms with Gasteiger partial charge in [-0.1, -0.05) is 86.6 Å². The molecule has 0 saturated carbocycles. The Kier molecular flexibility index (Phi) is 18.0. The zero-order valence-electron chi connectivity index (χ0n) is 39.4. The van der Waals surface area contributed by atoms with Crippen molar-refractivity contribution < 1.29 is 49.0 Å². The maximum Gasteiger partial charge on any atom is 0.416 e. The molecular formula is C56H59F9N2O2. The van der Waals surface area contributed by atoms with E-state index < -0.39 is 40.9 Å². The van der Waals surface area contributed by atoms with Gasteiger partial charge < -0.3 is 19.3 Å². The number of piperidine rings is 2. The van der Waals surface area contributed by atoms with E-state index in [2.05, 4.69) is 48.2 Å². The minimum absolute atomic E-state index is 0.0305. The summed E-state index contributed by atoms with van der Waals surface area (Å²) < 4.78 is 135. The lowest BCUT2D eigenvalue weighted by Gasteiger charge is -2.41. The molecule has 0 atom stereocenters. The van der Waals surface area contributed by atoms with Crippen molar-refractivity contribution in [2.24, 2.45) is 0 Å². The minimum atomic E-state index is -4.61. The highest BCUT2D eigenvalue weighted by Gasteiger charge is 2.38. The first-order valence-corrected chi connectivity index (χ1v) is 23.2. The van der Waals surface area contributed by atoms with Gasteiger partial charge in [0.2, 0.25) is 0 Å². The summed E-state index contributed by atoms with van der Waals surface area (Å²) in [6, 6.07) is 35.8. The molecule has 0 aromatic heterocycles. The molecule has 2 heterocycles. The second-order valence-electron chi connectivity index (χ2n) is 17.9. The summed E-state index contributed by atoms with van der Waals surface area (Å²) in [5.74, 6) is -2.20. The van der Waals surface area contributed by atoms with Crippen LogP contribution in [0.2, 0.25) is 0 Å². The second kappa shape index (κ2) is 23.4. The molecule has 6 aromatic carbocycles. The Morgan fingerprint density at radius 1 is 0.464 bits per heavy atom. The maximum absolute atomic E-state index is 14.3. The van der Waals surface area contributed by atoms with Crippen LogP contribution in [0.25, 0.3) is 22.3 Å². The number of nitrogens with zero attached hydrogens (tertiary/aromatic N) is 2. The molecule has 2 aliphatic rings. The lowest BCUT2D eigenvalue weighted by Crippen LogP contribution is -2.43. The van der Waals surface area contributed by atoms with Crippen LogP contribution in [0, 0.1) is 17.5 Å². The monoisotopic (exact) mass is 962 g/mol. The predicted octanol–water partition coefficient (Wildman–Crippen LogP) is 14.5. The summed E-state index contributed by atoms with van der Waals surface area (Å²) in [6.07, 6.45) is -5.52. The summed E-state index contributed by atoms with van der Waals surface area (Å²) >= 11 is 0. The Hall–Kier alpha value is -5.47. The van der Waals surface area contributed by atoms with E-state index in [0.717, 1.165) is 93.8 Å². The minimum Gasteiger partial charge on any atom is -0.376 e. The SMILES string of the molecule is CC.CN1CCC(COCc2cc(-c3ccc(F)cc3F)cc(C(F)(F)F)c2)(c2ccccc2)CC1.CN1CCC(COCc2cc(-c3cccc(F)c3)cc(C(F)(F)F)c2)(c2ccccc2)CC1. The first kappa shape index (κ1) is 52.9. The maximum atomic E-state index is 14.3. The molecule has 4 nitrogen and oxygen atoms in total. The normalized spacial score (nSPS) is 16.2. The number of ether oxygens (including phenoxy) is 2. The van der Waals surface area contributed by atoms with E-state index in [9.17, 15) is 39.5 Å². The molecular weight excluding hydrogens is 904 g/mol. The smallest absolute Gasteiger partial charge is 0.376 e. The molecule has 368 valence electrons. The van der Waals surface area contributed by atoms with Gasteiger partial charge in [-0.2, -0.15) is 26.3 Å². The van der Waals surface area contributed by atoms with Gasteiger partial charge in [0, 0.05) is 22.5 Å². The van der Waals surface area contributed by atoms with Crippen LogP contribution in [0.1, 0.15) is 72.9 Å². The predicted molar refractivity (Wildman–Crippen MR) is 254 cm³/mol. The Balaban J connectivity index is 0.000000219. The zero-order chi connectivity index (χ0) is 49.8. The Bertz CT molecular complexity index is 2550. The molecule has 6 aromatic rings. The van der Waals surface area contributed by atoms with Crippen molar-refractivity contribution in [1.29, 1.82) is 0 Å². The largest absolute Gasteiger partial charge is 0.416 e. The van der Waals surface area contributed by atoms with E-state index in [1.54, 1.807) is 12.1 Å². The van der Waals surface area contributed by atoms with Crippen molar-refractivity contribution >= 4 is 0 Å². The van der Waals surface area contributed by atoms with E-state index in [4.69, 9.17) is 9.47 Å². The molecule has 0 bridgehead atoms. The molecule has 0 N–H and O–H groups in total. The van der Waals surface area contributed by atoms with Crippen LogP contribution >= 0.6 is 0 Å². The van der Waals surface area contributed by atoms with E-state index in [1.807, 2.05) is 50.2 Å². The third-order valence-electron chi connectivity index (χ3n) is 13.0. The van der Waals surface area contributed by atoms with Crippen molar-refractivity contribution in [2.75, 3.05) is 53.5 Å². The van der Waals surface area contributed by atoms with E-state index in [0.29, 0.717) is 36.0 Å². The van der Waals surface area contributed by atoms with Crippen LogP contribution in [0.15, 0.2) is 140 Å². The standard InChI is InChI=1S/C27H26F5NO.C27H27F4NO.C2H6/c1-33-11-9-26(10-12-33,21-5-3-2-4-6-21)18-34-17-19-13-20(15-22(14-19)27(30,31)32)24-8-7-23(28)16-25(24)29;1-32-12-10-26(11-13-32,23-7-3-2-4-8-23)19-33-18-20-14-22(16-24(15-20)27(29,30)31)21-6-5-9-25(28)17-21;1-2/h2-8,13-16H,9-12,17-18H2,1H3;2-9,14-17H,10-13,18-19H2,1H3;1-2H3. The van der Waals surface area contributed by atoms with Crippen LogP contribution in [-0.2, 0) is 45.9 Å². The summed E-state index contributed by atoms with van der Waals surface area (Å²) in [7, 11) is 4.15. The number of alkyl halides is 6. The van der Waals surface area contributed by atoms with E-state index in [1.165, 1.54) is 29.8 Å². The Morgan fingerprint density at radius 3 is 1.33 bits per heavy atom. The van der Waals surface area contributed by atoms with Crippen LogP contribution < -0.4 is 0 Å². The van der Waals surface area contributed by atoms with E-state index >= 15 is 0 Å². The summed E-state index contributed by atoms with van der Waals surface area (Å²) in [6.45, 7) is 8.46. The van der Waals surface area contributed by atoms with Crippen LogP contribution in [0.3, 0.4) is 0 Å². The fraction of sp³-hybridized carbons (Fsp3) is 0.357. The molecule has 69 heavy (non-hydrogen) atoms. The van der Waals surface area contributed by atoms with Crippen molar-refractivity contribution in [3.8, 4) is 22.3 Å². The fourth-order valence-corrected chi connectivity index (χ4v) is 9.03. The van der Waals surface area contributed by atoms with E-state index in [-0.39, 0.29) is 40.7 Å². The van der Waals surface area contributed by atoms with Gasteiger partial charge in [-0.3, -0.25) is 0 Å². The van der Waals surface area contributed by atoms with Crippen LogP contribution in [0.5, 0.6) is 0 Å². The lowest BCUT2D eigenvalue weighted by atomic mass is 9.73. The fourth-order valence-electron chi connectivity index (χ4n) is 9.03. The van der Waals surface area contributed by atoms with Crippen molar-refractivity contribution in [2.45, 2.75) is 75.9 Å². The third kappa shape index (κ3) is 14.1. The van der Waals surface area contributed by atoms with Crippen LogP contribution in [0.4, 0.5) is 39.5 Å². The Labute approximate surface area is 399 Å². The number of hydrogen-bond donors (Lipinski definition) is 0. The molecule has 2 aliphatic heterocycles. The zero-order valence-corrected chi connectivity index (χ0v) is 39.4. The molecule has 13 heteroatoms. The topological polar surface area (TPSA) is 24.9 Å². The summed E-state index contributed by atoms with van der Waals surface area (Å²) in [4.78, 5) is 4.52.